The summed E-state index contributed by atoms with van der Waals surface area (Å²) in [5, 5.41) is 7.98. The van der Waals surface area contributed by atoms with Crippen LogP contribution in [0.25, 0.3) is 0 Å². The molecule has 7 nitrogen and oxygen atoms in total. The van der Waals surface area contributed by atoms with Crippen LogP contribution in [0.1, 0.15) is 44.2 Å². The van der Waals surface area contributed by atoms with Gasteiger partial charge in [-0.25, -0.2) is 14.2 Å². The maximum absolute atomic E-state index is 13.9. The Morgan fingerprint density at radius 2 is 2.11 bits per heavy atom. The molecule has 0 radical (unpaired) electrons. The Balaban J connectivity index is 1.94. The van der Waals surface area contributed by atoms with E-state index in [1.807, 2.05) is 0 Å². The standard InChI is InChI=1S/C19H21ClFN5O2/c1-3-4-9-13-24-16(17(20)25-13)15-14(10(2)22-19(28)26-15)18(27)23-12-8-6-5-7-11(12)21/h5-8,15H,3-4,9H2,1-2H3,(H,23,27)(H,24,25)(H2,22,26,28). The number of carbonyl (C=O) groups is 2. The molecule has 0 saturated heterocycles. The number of aryl methyl sites for hydroxylation is 1. The van der Waals surface area contributed by atoms with Gasteiger partial charge in [-0.15, -0.1) is 0 Å². The number of allylic oxidation sites excluding steroid dienone is 1. The molecule has 9 heteroatoms. The number of halogens is 2. The van der Waals surface area contributed by atoms with E-state index in [0.29, 0.717) is 23.6 Å². The van der Waals surface area contributed by atoms with Crippen molar-refractivity contribution in [3.8, 4) is 0 Å². The zero-order chi connectivity index (χ0) is 20.3. The minimum Gasteiger partial charge on any atom is -0.343 e. The fourth-order valence-electron chi connectivity index (χ4n) is 3.03. The number of anilines is 1. The lowest BCUT2D eigenvalue weighted by Crippen LogP contribution is -2.46. The van der Waals surface area contributed by atoms with Crippen LogP contribution in [-0.2, 0) is 11.2 Å². The summed E-state index contributed by atoms with van der Waals surface area (Å²) in [6.45, 7) is 3.67. The van der Waals surface area contributed by atoms with Crippen LogP contribution in [0.3, 0.4) is 0 Å². The van der Waals surface area contributed by atoms with Crippen LogP contribution >= 0.6 is 11.6 Å². The molecule has 28 heavy (non-hydrogen) atoms. The molecule has 3 amide bonds. The molecule has 3 rings (SSSR count). The first-order valence-electron chi connectivity index (χ1n) is 8.99. The van der Waals surface area contributed by atoms with Gasteiger partial charge in [-0.3, -0.25) is 4.79 Å². The van der Waals surface area contributed by atoms with Crippen molar-refractivity contribution in [2.45, 2.75) is 39.2 Å². The van der Waals surface area contributed by atoms with Crippen molar-refractivity contribution in [3.63, 3.8) is 0 Å². The monoisotopic (exact) mass is 405 g/mol. The first kappa shape index (κ1) is 19.9. The van der Waals surface area contributed by atoms with Gasteiger partial charge < -0.3 is 20.9 Å². The van der Waals surface area contributed by atoms with E-state index in [4.69, 9.17) is 11.6 Å². The Hall–Kier alpha value is -2.87. The van der Waals surface area contributed by atoms with Crippen LogP contribution in [-0.4, -0.2) is 21.9 Å². The van der Waals surface area contributed by atoms with Gasteiger partial charge in [0.2, 0.25) is 0 Å². The van der Waals surface area contributed by atoms with Gasteiger partial charge >= 0.3 is 6.03 Å². The number of aromatic amines is 1. The molecule has 0 spiro atoms. The van der Waals surface area contributed by atoms with Crippen LogP contribution in [0.15, 0.2) is 35.5 Å². The van der Waals surface area contributed by atoms with E-state index in [2.05, 4.69) is 32.8 Å². The second-order valence-corrected chi connectivity index (χ2v) is 6.85. The first-order valence-corrected chi connectivity index (χ1v) is 9.37. The Bertz CT molecular complexity index is 940. The lowest BCUT2D eigenvalue weighted by atomic mass is 9.99. The molecule has 1 aliphatic heterocycles. The van der Waals surface area contributed by atoms with E-state index in [9.17, 15) is 14.0 Å². The summed E-state index contributed by atoms with van der Waals surface area (Å²) in [5.41, 5.74) is 1.03. The highest BCUT2D eigenvalue weighted by Crippen LogP contribution is 2.31. The molecule has 1 atom stereocenters. The molecular weight excluding hydrogens is 385 g/mol. The number of benzene rings is 1. The number of rotatable bonds is 6. The van der Waals surface area contributed by atoms with Gasteiger partial charge in [-0.1, -0.05) is 37.1 Å². The molecule has 1 unspecified atom stereocenters. The molecule has 2 heterocycles. The van der Waals surface area contributed by atoms with Gasteiger partial charge in [0.05, 0.1) is 17.0 Å². The Morgan fingerprint density at radius 3 is 2.82 bits per heavy atom. The quantitative estimate of drug-likeness (QED) is 0.588. The average Bonchev–Trinajstić information content (AvgIpc) is 3.01. The van der Waals surface area contributed by atoms with E-state index in [1.54, 1.807) is 13.0 Å². The second-order valence-electron chi connectivity index (χ2n) is 6.50. The zero-order valence-electron chi connectivity index (χ0n) is 15.5. The summed E-state index contributed by atoms with van der Waals surface area (Å²) in [5.74, 6) is -0.429. The smallest absolute Gasteiger partial charge is 0.319 e. The maximum atomic E-state index is 13.9. The molecule has 1 aliphatic rings. The molecule has 1 aromatic carbocycles. The minimum atomic E-state index is -0.837. The maximum Gasteiger partial charge on any atom is 0.319 e. The Morgan fingerprint density at radius 1 is 1.36 bits per heavy atom. The number of hydrogen-bond acceptors (Lipinski definition) is 3. The van der Waals surface area contributed by atoms with Crippen molar-refractivity contribution in [1.82, 2.24) is 20.6 Å². The van der Waals surface area contributed by atoms with Gasteiger partial charge in [-0.05, 0) is 25.5 Å². The van der Waals surface area contributed by atoms with Crippen molar-refractivity contribution in [1.29, 1.82) is 0 Å². The van der Waals surface area contributed by atoms with E-state index in [1.165, 1.54) is 18.2 Å². The van der Waals surface area contributed by atoms with E-state index in [-0.39, 0.29) is 16.4 Å². The van der Waals surface area contributed by atoms with Crippen LogP contribution in [0.5, 0.6) is 0 Å². The largest absolute Gasteiger partial charge is 0.343 e. The molecule has 0 saturated carbocycles. The predicted molar refractivity (Wildman–Crippen MR) is 104 cm³/mol. The van der Waals surface area contributed by atoms with Crippen LogP contribution in [0.2, 0.25) is 5.15 Å². The van der Waals surface area contributed by atoms with Crippen LogP contribution in [0.4, 0.5) is 14.9 Å². The number of amides is 3. The number of para-hydroxylation sites is 1. The number of unbranched alkanes of at least 4 members (excludes halogenated alkanes) is 1. The Kier molecular flexibility index (Phi) is 5.99. The highest BCUT2D eigenvalue weighted by molar-refractivity contribution is 6.30. The summed E-state index contributed by atoms with van der Waals surface area (Å²) in [7, 11) is 0. The topological polar surface area (TPSA) is 98.9 Å². The third-order valence-corrected chi connectivity index (χ3v) is 4.71. The van der Waals surface area contributed by atoms with E-state index in [0.717, 1.165) is 12.8 Å². The lowest BCUT2D eigenvalue weighted by molar-refractivity contribution is -0.113. The number of hydrogen-bond donors (Lipinski definition) is 4. The summed E-state index contributed by atoms with van der Waals surface area (Å²) >= 11 is 6.28. The SMILES string of the molecule is CCCCc1nc(Cl)c(C2NC(=O)NC(C)=C2C(=O)Nc2ccccc2F)[nH]1. The summed E-state index contributed by atoms with van der Waals surface area (Å²) in [6.07, 6.45) is 2.62. The number of carbonyl (C=O) groups excluding carboxylic acids is 2. The molecule has 148 valence electrons. The predicted octanol–water partition coefficient (Wildman–Crippen LogP) is 3.81. The summed E-state index contributed by atoms with van der Waals surface area (Å²) < 4.78 is 13.9. The number of nitrogens with one attached hydrogen (secondary N) is 4. The molecule has 1 aromatic heterocycles. The fourth-order valence-corrected chi connectivity index (χ4v) is 3.29. The third-order valence-electron chi connectivity index (χ3n) is 4.43. The van der Waals surface area contributed by atoms with Gasteiger partial charge in [0.15, 0.2) is 5.15 Å². The number of nitrogens with zero attached hydrogens (tertiary/aromatic N) is 1. The zero-order valence-corrected chi connectivity index (χ0v) is 16.3. The molecule has 0 aliphatic carbocycles. The molecule has 0 bridgehead atoms. The van der Waals surface area contributed by atoms with Gasteiger partial charge in [0, 0.05) is 12.1 Å². The molecule has 0 fully saturated rings. The highest BCUT2D eigenvalue weighted by atomic mass is 35.5. The molecule has 2 aromatic rings. The van der Waals surface area contributed by atoms with Crippen LogP contribution in [0, 0.1) is 5.82 Å². The van der Waals surface area contributed by atoms with Crippen LogP contribution < -0.4 is 16.0 Å². The lowest BCUT2D eigenvalue weighted by Gasteiger charge is -2.27. The number of H-pyrrole nitrogens is 1. The first-order chi connectivity index (χ1) is 13.4. The van der Waals surface area contributed by atoms with Gasteiger partial charge in [0.1, 0.15) is 17.7 Å². The fraction of sp³-hybridized carbons (Fsp3) is 0.316. The third kappa shape index (κ3) is 4.17. The summed E-state index contributed by atoms with van der Waals surface area (Å²) in [4.78, 5) is 32.3. The molecule has 4 N–H and O–H groups in total. The van der Waals surface area contributed by atoms with Gasteiger partial charge in [0.25, 0.3) is 5.91 Å². The van der Waals surface area contributed by atoms with E-state index < -0.39 is 23.8 Å². The van der Waals surface area contributed by atoms with E-state index >= 15 is 0 Å². The highest BCUT2D eigenvalue weighted by Gasteiger charge is 2.34. The minimum absolute atomic E-state index is 0.0443. The van der Waals surface area contributed by atoms with Crippen molar-refractivity contribution in [3.05, 3.63) is 58.0 Å². The normalized spacial score (nSPS) is 16.6. The Labute approximate surface area is 166 Å². The van der Waals surface area contributed by atoms with Crippen molar-refractivity contribution < 1.29 is 14.0 Å². The number of aromatic nitrogens is 2. The van der Waals surface area contributed by atoms with Crippen molar-refractivity contribution in [2.24, 2.45) is 0 Å². The van der Waals surface area contributed by atoms with Crippen molar-refractivity contribution in [2.75, 3.05) is 5.32 Å². The van der Waals surface area contributed by atoms with Crippen molar-refractivity contribution >= 4 is 29.2 Å². The number of imidazole rings is 1. The van der Waals surface area contributed by atoms with Gasteiger partial charge in [-0.2, -0.15) is 0 Å². The second kappa shape index (κ2) is 8.43. The number of urea groups is 1. The summed E-state index contributed by atoms with van der Waals surface area (Å²) in [6, 6.07) is 4.55. The average molecular weight is 406 g/mol. The molecular formula is C19H21ClFN5O2.